The molecule has 0 atom stereocenters. The third-order valence-corrected chi connectivity index (χ3v) is 5.13. The highest BCUT2D eigenvalue weighted by molar-refractivity contribution is 7.13. The van der Waals surface area contributed by atoms with E-state index in [0.29, 0.717) is 16.8 Å². The number of hydrazone groups is 1. The smallest absolute Gasteiger partial charge is 0.290 e. The molecule has 0 fully saturated rings. The molecule has 0 aliphatic carbocycles. The molecule has 0 spiro atoms. The first-order valence-electron chi connectivity index (χ1n) is 8.70. The van der Waals surface area contributed by atoms with Crippen molar-refractivity contribution in [3.8, 4) is 16.3 Å². The number of nitrogens with one attached hydrogen (secondary N) is 1. The van der Waals surface area contributed by atoms with Crippen molar-refractivity contribution in [2.45, 2.75) is 26.9 Å². The van der Waals surface area contributed by atoms with E-state index in [1.54, 1.807) is 12.3 Å². The van der Waals surface area contributed by atoms with E-state index in [1.807, 2.05) is 24.3 Å². The molecule has 0 saturated carbocycles. The Balaban J connectivity index is 1.71. The van der Waals surface area contributed by atoms with E-state index in [-0.39, 0.29) is 18.1 Å². The lowest BCUT2D eigenvalue weighted by atomic mass is 10.1. The monoisotopic (exact) mass is 396 g/mol. The predicted octanol–water partition coefficient (Wildman–Crippen LogP) is 3.04. The summed E-state index contributed by atoms with van der Waals surface area (Å²) in [4.78, 5) is 20.6. The van der Waals surface area contributed by atoms with E-state index in [2.05, 4.69) is 27.4 Å². The Bertz CT molecular complexity index is 1010. The van der Waals surface area contributed by atoms with Gasteiger partial charge in [-0.2, -0.15) is 5.10 Å². The van der Waals surface area contributed by atoms with E-state index in [9.17, 15) is 15.0 Å². The van der Waals surface area contributed by atoms with Crippen molar-refractivity contribution < 1.29 is 15.0 Å². The molecule has 7 nitrogen and oxygen atoms in total. The number of aromatic hydroxyl groups is 1. The molecule has 144 valence electrons. The summed E-state index contributed by atoms with van der Waals surface area (Å²) < 4.78 is 0. The third-order valence-electron chi connectivity index (χ3n) is 4.23. The second-order valence-electron chi connectivity index (χ2n) is 6.08. The highest BCUT2D eigenvalue weighted by Crippen LogP contribution is 2.24. The Labute approximate surface area is 166 Å². The van der Waals surface area contributed by atoms with Gasteiger partial charge in [-0.15, -0.1) is 11.3 Å². The normalized spacial score (nSPS) is 11.1. The minimum atomic E-state index is -0.459. The summed E-state index contributed by atoms with van der Waals surface area (Å²) in [5, 5.41) is 25.7. The summed E-state index contributed by atoms with van der Waals surface area (Å²) in [6.07, 6.45) is 3.70. The maximum absolute atomic E-state index is 12.3. The van der Waals surface area contributed by atoms with Crippen LogP contribution in [0.2, 0.25) is 0 Å². The Hall–Kier alpha value is -3.10. The van der Waals surface area contributed by atoms with Gasteiger partial charge in [-0.1, -0.05) is 31.2 Å². The van der Waals surface area contributed by atoms with Gasteiger partial charge in [0.1, 0.15) is 16.5 Å². The van der Waals surface area contributed by atoms with Crippen molar-refractivity contribution in [3.05, 3.63) is 63.9 Å². The minimum Gasteiger partial charge on any atom is -0.505 e. The van der Waals surface area contributed by atoms with Crippen molar-refractivity contribution in [1.82, 2.24) is 15.4 Å². The van der Waals surface area contributed by atoms with Crippen LogP contribution < -0.4 is 5.43 Å². The van der Waals surface area contributed by atoms with E-state index in [1.165, 1.54) is 29.3 Å². The van der Waals surface area contributed by atoms with Crippen molar-refractivity contribution in [2.24, 2.45) is 5.10 Å². The molecule has 3 N–H and O–H groups in total. The van der Waals surface area contributed by atoms with Crippen LogP contribution in [-0.4, -0.2) is 32.3 Å². The van der Waals surface area contributed by atoms with E-state index >= 15 is 0 Å². The fourth-order valence-corrected chi connectivity index (χ4v) is 3.34. The maximum atomic E-state index is 12.3. The minimum absolute atomic E-state index is 0.0870. The van der Waals surface area contributed by atoms with Gasteiger partial charge in [0, 0.05) is 28.3 Å². The van der Waals surface area contributed by atoms with Crippen molar-refractivity contribution >= 4 is 23.5 Å². The fraction of sp³-hybridized carbons (Fsp3) is 0.200. The van der Waals surface area contributed by atoms with Crippen molar-refractivity contribution in [2.75, 3.05) is 0 Å². The zero-order chi connectivity index (χ0) is 20.1. The maximum Gasteiger partial charge on any atom is 0.290 e. The Kier molecular flexibility index (Phi) is 6.13. The van der Waals surface area contributed by atoms with Gasteiger partial charge in [-0.25, -0.2) is 10.4 Å². The number of rotatable bonds is 6. The molecule has 0 radical (unpaired) electrons. The van der Waals surface area contributed by atoms with Crippen LogP contribution in [0, 0.1) is 6.92 Å². The standard InChI is InChI=1S/C20H20N4O3S/c1-3-13-4-6-14(7-5-13)20-23-17(11-28-20)19(27)24-22-9-16-15(10-25)8-21-12(2)18(16)26/h4-9,11,25-26H,3,10H2,1-2H3,(H,24,27)/b22-9+. The summed E-state index contributed by atoms with van der Waals surface area (Å²) in [6.45, 7) is 3.43. The number of pyridine rings is 1. The third kappa shape index (κ3) is 4.24. The molecule has 0 unspecified atom stereocenters. The first kappa shape index (κ1) is 19.7. The molecular weight excluding hydrogens is 376 g/mol. The highest BCUT2D eigenvalue weighted by atomic mass is 32.1. The first-order chi connectivity index (χ1) is 13.5. The number of aliphatic hydroxyl groups is 1. The molecule has 1 amide bonds. The van der Waals surface area contributed by atoms with Crippen molar-refractivity contribution in [3.63, 3.8) is 0 Å². The number of amides is 1. The van der Waals surface area contributed by atoms with Gasteiger partial charge >= 0.3 is 0 Å². The highest BCUT2D eigenvalue weighted by Gasteiger charge is 2.12. The molecule has 2 heterocycles. The average molecular weight is 396 g/mol. The second kappa shape index (κ2) is 8.73. The first-order valence-corrected chi connectivity index (χ1v) is 9.58. The van der Waals surface area contributed by atoms with Gasteiger partial charge in [0.05, 0.1) is 18.5 Å². The number of aliphatic hydroxyl groups excluding tert-OH is 1. The summed E-state index contributed by atoms with van der Waals surface area (Å²) >= 11 is 1.38. The summed E-state index contributed by atoms with van der Waals surface area (Å²) in [6, 6.07) is 8.07. The van der Waals surface area contributed by atoms with E-state index in [0.717, 1.165) is 17.0 Å². The predicted molar refractivity (Wildman–Crippen MR) is 109 cm³/mol. The molecule has 3 aromatic rings. The lowest BCUT2D eigenvalue weighted by Crippen LogP contribution is -2.18. The lowest BCUT2D eigenvalue weighted by molar-refractivity contribution is 0.0951. The van der Waals surface area contributed by atoms with Crippen LogP contribution in [-0.2, 0) is 13.0 Å². The topological polar surface area (TPSA) is 108 Å². The number of carbonyl (C=O) groups excluding carboxylic acids is 1. The molecule has 0 aliphatic heterocycles. The Morgan fingerprint density at radius 2 is 2.07 bits per heavy atom. The van der Waals surface area contributed by atoms with Crippen LogP contribution in [0.1, 0.15) is 39.8 Å². The summed E-state index contributed by atoms with van der Waals surface area (Å²) in [5.41, 5.74) is 5.97. The molecule has 8 heteroatoms. The zero-order valence-electron chi connectivity index (χ0n) is 15.5. The molecule has 2 aromatic heterocycles. The lowest BCUT2D eigenvalue weighted by Gasteiger charge is -2.06. The van der Waals surface area contributed by atoms with Crippen molar-refractivity contribution in [1.29, 1.82) is 0 Å². The van der Waals surface area contributed by atoms with Crippen LogP contribution in [0.4, 0.5) is 0 Å². The van der Waals surface area contributed by atoms with Crippen LogP contribution in [0.5, 0.6) is 5.75 Å². The zero-order valence-corrected chi connectivity index (χ0v) is 16.3. The molecule has 0 bridgehead atoms. The van der Waals surface area contributed by atoms with Gasteiger partial charge in [-0.3, -0.25) is 9.78 Å². The molecular formula is C20H20N4O3S. The average Bonchev–Trinajstić information content (AvgIpc) is 3.21. The number of thiazole rings is 1. The number of hydrogen-bond donors (Lipinski definition) is 3. The van der Waals surface area contributed by atoms with Gasteiger partial charge in [0.15, 0.2) is 0 Å². The van der Waals surface area contributed by atoms with Crippen LogP contribution in [0.25, 0.3) is 10.6 Å². The van der Waals surface area contributed by atoms with Gasteiger partial charge in [0.2, 0.25) is 0 Å². The fourth-order valence-electron chi connectivity index (χ4n) is 2.53. The van der Waals surface area contributed by atoms with E-state index < -0.39 is 5.91 Å². The Morgan fingerprint density at radius 3 is 2.75 bits per heavy atom. The largest absolute Gasteiger partial charge is 0.505 e. The molecule has 0 aliphatic rings. The Morgan fingerprint density at radius 1 is 1.32 bits per heavy atom. The van der Waals surface area contributed by atoms with Crippen LogP contribution >= 0.6 is 11.3 Å². The number of benzene rings is 1. The second-order valence-corrected chi connectivity index (χ2v) is 6.93. The molecule has 1 aromatic carbocycles. The van der Waals surface area contributed by atoms with E-state index in [4.69, 9.17) is 0 Å². The number of carbonyl (C=O) groups is 1. The SMILES string of the molecule is CCc1ccc(-c2nc(C(=O)N/N=C/c3c(CO)cnc(C)c3O)cs2)cc1. The number of aromatic nitrogens is 2. The quantitative estimate of drug-likeness (QED) is 0.438. The number of hydrogen-bond acceptors (Lipinski definition) is 7. The van der Waals surface area contributed by atoms with Crippen LogP contribution in [0.3, 0.4) is 0 Å². The summed E-state index contributed by atoms with van der Waals surface area (Å²) in [7, 11) is 0. The van der Waals surface area contributed by atoms with Gasteiger partial charge < -0.3 is 10.2 Å². The van der Waals surface area contributed by atoms with Gasteiger partial charge in [-0.05, 0) is 18.9 Å². The molecule has 28 heavy (non-hydrogen) atoms. The molecule has 0 saturated heterocycles. The number of aryl methyl sites for hydroxylation is 2. The summed E-state index contributed by atoms with van der Waals surface area (Å²) in [5.74, 6) is -0.546. The van der Waals surface area contributed by atoms with Gasteiger partial charge in [0.25, 0.3) is 5.91 Å². The number of nitrogens with zero attached hydrogens (tertiary/aromatic N) is 3. The van der Waals surface area contributed by atoms with Crippen LogP contribution in [0.15, 0.2) is 40.9 Å². The molecule has 3 rings (SSSR count).